The highest BCUT2D eigenvalue weighted by molar-refractivity contribution is 5.78. The topological polar surface area (TPSA) is 53.1 Å². The van der Waals surface area contributed by atoms with Gasteiger partial charge in [0, 0.05) is 12.6 Å². The van der Waals surface area contributed by atoms with Crippen molar-refractivity contribution in [2.75, 3.05) is 6.61 Å². The molecule has 0 aliphatic heterocycles. The monoisotopic (exact) mass is 261 g/mol. The molecule has 0 spiro atoms. The van der Waals surface area contributed by atoms with Crippen molar-refractivity contribution in [3.05, 3.63) is 24.0 Å². The van der Waals surface area contributed by atoms with E-state index in [1.807, 2.05) is 19.1 Å². The number of aryl methyl sites for hydroxylation is 1. The van der Waals surface area contributed by atoms with Crippen LogP contribution in [0.1, 0.15) is 45.5 Å². The van der Waals surface area contributed by atoms with Crippen LogP contribution in [0.5, 0.6) is 5.75 Å². The molecule has 0 saturated heterocycles. The lowest BCUT2D eigenvalue weighted by atomic mass is 10.2. The molecule has 104 valence electrons. The van der Waals surface area contributed by atoms with Gasteiger partial charge in [-0.3, -0.25) is 0 Å². The zero-order valence-electron chi connectivity index (χ0n) is 12.0. The SMILES string of the molecule is CCCn1c(C(N)CC)nc2cc(OCC)ccc21. The minimum Gasteiger partial charge on any atom is -0.494 e. The van der Waals surface area contributed by atoms with Crippen LogP contribution in [-0.2, 0) is 6.54 Å². The molecule has 1 aromatic heterocycles. The number of aromatic nitrogens is 2. The molecule has 1 unspecified atom stereocenters. The Labute approximate surface area is 114 Å². The van der Waals surface area contributed by atoms with Gasteiger partial charge >= 0.3 is 0 Å². The average molecular weight is 261 g/mol. The van der Waals surface area contributed by atoms with E-state index in [9.17, 15) is 0 Å². The molecule has 2 N–H and O–H groups in total. The maximum Gasteiger partial charge on any atom is 0.126 e. The van der Waals surface area contributed by atoms with Gasteiger partial charge in [-0.05, 0) is 31.9 Å². The Morgan fingerprint density at radius 1 is 1.32 bits per heavy atom. The van der Waals surface area contributed by atoms with Gasteiger partial charge in [-0.25, -0.2) is 4.98 Å². The van der Waals surface area contributed by atoms with Crippen LogP contribution in [0.15, 0.2) is 18.2 Å². The molecule has 0 radical (unpaired) electrons. The van der Waals surface area contributed by atoms with E-state index in [-0.39, 0.29) is 6.04 Å². The first-order valence-corrected chi connectivity index (χ1v) is 7.09. The lowest BCUT2D eigenvalue weighted by molar-refractivity contribution is 0.340. The number of nitrogens with zero attached hydrogens (tertiary/aromatic N) is 2. The zero-order valence-corrected chi connectivity index (χ0v) is 12.0. The van der Waals surface area contributed by atoms with Crippen LogP contribution in [0.4, 0.5) is 0 Å². The van der Waals surface area contributed by atoms with E-state index < -0.39 is 0 Å². The molecule has 0 bridgehead atoms. The molecular weight excluding hydrogens is 238 g/mol. The fourth-order valence-corrected chi connectivity index (χ4v) is 2.31. The number of fused-ring (bicyclic) bond motifs is 1. The van der Waals surface area contributed by atoms with Crippen LogP contribution in [0.25, 0.3) is 11.0 Å². The number of imidazole rings is 1. The summed E-state index contributed by atoms with van der Waals surface area (Å²) in [5.41, 5.74) is 8.28. The molecule has 1 heterocycles. The molecule has 0 aliphatic rings. The fraction of sp³-hybridized carbons (Fsp3) is 0.533. The Kier molecular flexibility index (Phi) is 4.43. The van der Waals surface area contributed by atoms with Crippen LogP contribution in [-0.4, -0.2) is 16.2 Å². The Morgan fingerprint density at radius 3 is 2.74 bits per heavy atom. The second-order valence-electron chi connectivity index (χ2n) is 4.72. The summed E-state index contributed by atoms with van der Waals surface area (Å²) in [5, 5.41) is 0. The predicted octanol–water partition coefficient (Wildman–Crippen LogP) is 3.25. The van der Waals surface area contributed by atoms with Crippen molar-refractivity contribution in [3.63, 3.8) is 0 Å². The van der Waals surface area contributed by atoms with Crippen molar-refractivity contribution in [1.82, 2.24) is 9.55 Å². The van der Waals surface area contributed by atoms with Crippen molar-refractivity contribution in [2.24, 2.45) is 5.73 Å². The Morgan fingerprint density at radius 2 is 2.11 bits per heavy atom. The second-order valence-corrected chi connectivity index (χ2v) is 4.72. The third kappa shape index (κ3) is 2.73. The highest BCUT2D eigenvalue weighted by Crippen LogP contribution is 2.25. The Balaban J connectivity index is 2.52. The van der Waals surface area contributed by atoms with Gasteiger partial charge in [-0.1, -0.05) is 13.8 Å². The van der Waals surface area contributed by atoms with E-state index in [1.54, 1.807) is 0 Å². The molecule has 1 aromatic carbocycles. The molecular formula is C15H23N3O. The standard InChI is InChI=1S/C15H23N3O/c1-4-9-18-14-8-7-11(19-6-3)10-13(14)17-15(18)12(16)5-2/h7-8,10,12H,4-6,9,16H2,1-3H3. The summed E-state index contributed by atoms with van der Waals surface area (Å²) in [6, 6.07) is 6.07. The van der Waals surface area contributed by atoms with Gasteiger partial charge in [0.25, 0.3) is 0 Å². The Bertz CT molecular complexity index is 548. The first kappa shape index (κ1) is 13.9. The van der Waals surface area contributed by atoms with Crippen molar-refractivity contribution in [3.8, 4) is 5.75 Å². The normalized spacial score (nSPS) is 12.8. The van der Waals surface area contributed by atoms with E-state index in [1.165, 1.54) is 0 Å². The average Bonchev–Trinajstić information content (AvgIpc) is 2.77. The smallest absolute Gasteiger partial charge is 0.126 e. The van der Waals surface area contributed by atoms with Crippen LogP contribution in [0.2, 0.25) is 0 Å². The van der Waals surface area contributed by atoms with E-state index in [4.69, 9.17) is 15.5 Å². The Hall–Kier alpha value is -1.55. The first-order chi connectivity index (χ1) is 9.21. The summed E-state index contributed by atoms with van der Waals surface area (Å²) < 4.78 is 7.76. The zero-order chi connectivity index (χ0) is 13.8. The van der Waals surface area contributed by atoms with Crippen molar-refractivity contribution >= 4 is 11.0 Å². The van der Waals surface area contributed by atoms with Crippen LogP contribution < -0.4 is 10.5 Å². The lowest BCUT2D eigenvalue weighted by Crippen LogP contribution is -2.15. The summed E-state index contributed by atoms with van der Waals surface area (Å²) in [6.07, 6.45) is 1.97. The molecule has 0 saturated carbocycles. The van der Waals surface area contributed by atoms with E-state index >= 15 is 0 Å². The highest BCUT2D eigenvalue weighted by atomic mass is 16.5. The molecule has 4 heteroatoms. The maximum absolute atomic E-state index is 6.17. The van der Waals surface area contributed by atoms with Crippen LogP contribution in [0.3, 0.4) is 0 Å². The summed E-state index contributed by atoms with van der Waals surface area (Å²) >= 11 is 0. The molecule has 0 amide bonds. The molecule has 2 aromatic rings. The second kappa shape index (κ2) is 6.06. The van der Waals surface area contributed by atoms with Crippen LogP contribution >= 0.6 is 0 Å². The van der Waals surface area contributed by atoms with Gasteiger partial charge in [-0.15, -0.1) is 0 Å². The van der Waals surface area contributed by atoms with Gasteiger partial charge in [0.2, 0.25) is 0 Å². The predicted molar refractivity (Wildman–Crippen MR) is 78.4 cm³/mol. The van der Waals surface area contributed by atoms with E-state index in [2.05, 4.69) is 24.5 Å². The largest absolute Gasteiger partial charge is 0.494 e. The molecule has 1 atom stereocenters. The molecule has 4 nitrogen and oxygen atoms in total. The summed E-state index contributed by atoms with van der Waals surface area (Å²) in [7, 11) is 0. The number of hydrogen-bond donors (Lipinski definition) is 1. The minimum atomic E-state index is -0.00510. The van der Waals surface area contributed by atoms with Crippen LogP contribution in [0, 0.1) is 0 Å². The third-order valence-corrected chi connectivity index (χ3v) is 3.28. The van der Waals surface area contributed by atoms with Crippen molar-refractivity contribution in [1.29, 1.82) is 0 Å². The van der Waals surface area contributed by atoms with Gasteiger partial charge in [0.1, 0.15) is 11.6 Å². The van der Waals surface area contributed by atoms with Gasteiger partial charge in [-0.2, -0.15) is 0 Å². The third-order valence-electron chi connectivity index (χ3n) is 3.28. The number of benzene rings is 1. The highest BCUT2D eigenvalue weighted by Gasteiger charge is 2.15. The van der Waals surface area contributed by atoms with Gasteiger partial charge in [0.15, 0.2) is 0 Å². The minimum absolute atomic E-state index is 0.00510. The number of rotatable bonds is 6. The number of nitrogens with two attached hydrogens (primary N) is 1. The summed E-state index contributed by atoms with van der Waals surface area (Å²) in [4.78, 5) is 4.70. The van der Waals surface area contributed by atoms with Gasteiger partial charge < -0.3 is 15.0 Å². The first-order valence-electron chi connectivity index (χ1n) is 7.09. The molecule has 19 heavy (non-hydrogen) atoms. The summed E-state index contributed by atoms with van der Waals surface area (Å²) in [6.45, 7) is 7.86. The van der Waals surface area contributed by atoms with E-state index in [0.29, 0.717) is 6.61 Å². The quantitative estimate of drug-likeness (QED) is 0.868. The van der Waals surface area contributed by atoms with Crippen molar-refractivity contribution in [2.45, 2.75) is 46.2 Å². The fourth-order valence-electron chi connectivity index (χ4n) is 2.31. The van der Waals surface area contributed by atoms with Gasteiger partial charge in [0.05, 0.1) is 23.7 Å². The molecule has 0 fully saturated rings. The summed E-state index contributed by atoms with van der Waals surface area (Å²) in [5.74, 6) is 1.85. The maximum atomic E-state index is 6.17. The molecule has 0 aliphatic carbocycles. The molecule has 2 rings (SSSR count). The van der Waals surface area contributed by atoms with E-state index in [0.717, 1.165) is 42.0 Å². The number of hydrogen-bond acceptors (Lipinski definition) is 3. The lowest BCUT2D eigenvalue weighted by Gasteiger charge is -2.12. The number of ether oxygens (including phenoxy) is 1. The van der Waals surface area contributed by atoms with Crippen molar-refractivity contribution < 1.29 is 4.74 Å².